The number of alkyl halides is 6. The minimum atomic E-state index is -5.14. The van der Waals surface area contributed by atoms with Gasteiger partial charge in [-0.25, -0.2) is 0 Å². The Hall–Kier alpha value is -2.28. The normalized spacial score (nSPS) is 24.8. The summed E-state index contributed by atoms with van der Waals surface area (Å²) in [6, 6.07) is 0. The van der Waals surface area contributed by atoms with Crippen molar-refractivity contribution >= 4 is 0 Å². The van der Waals surface area contributed by atoms with Crippen molar-refractivity contribution in [2.75, 3.05) is 0 Å². The van der Waals surface area contributed by atoms with Crippen molar-refractivity contribution in [3.8, 4) is 0 Å². The molecule has 0 radical (unpaired) electrons. The fourth-order valence-electron chi connectivity index (χ4n) is 2.19. The number of allylic oxidation sites excluding steroid dienone is 2. The first-order valence-corrected chi connectivity index (χ1v) is 6.83. The van der Waals surface area contributed by atoms with Crippen LogP contribution in [-0.4, -0.2) is 24.1 Å². The van der Waals surface area contributed by atoms with Gasteiger partial charge in [-0.15, -0.1) is 26.3 Å². The van der Waals surface area contributed by atoms with E-state index in [1.165, 1.54) is 0 Å². The number of nitrogens with two attached hydrogens (primary N) is 4. The van der Waals surface area contributed by atoms with Crippen LogP contribution in [0, 0.1) is 0 Å². The zero-order chi connectivity index (χ0) is 20.0. The van der Waals surface area contributed by atoms with Crippen LogP contribution in [0.25, 0.3) is 0 Å². The zero-order valence-electron chi connectivity index (χ0n) is 12.9. The van der Waals surface area contributed by atoms with Crippen LogP contribution in [0.5, 0.6) is 0 Å². The molecule has 0 aromatic heterocycles. The predicted octanol–water partition coefficient (Wildman–Crippen LogP) is 1.49. The molecule has 12 heteroatoms. The molecule has 0 heterocycles. The van der Waals surface area contributed by atoms with E-state index in [9.17, 15) is 26.3 Å². The van der Waals surface area contributed by atoms with Gasteiger partial charge in [-0.2, -0.15) is 0 Å². The second-order valence-electron chi connectivity index (χ2n) is 5.61. The molecule has 0 unspecified atom stereocenters. The van der Waals surface area contributed by atoms with Gasteiger partial charge < -0.3 is 32.4 Å². The maximum Gasteiger partial charge on any atom is 0.573 e. The average molecular weight is 384 g/mol. The van der Waals surface area contributed by atoms with Crippen molar-refractivity contribution in [1.29, 1.82) is 0 Å². The first-order valence-electron chi connectivity index (χ1n) is 6.83. The van der Waals surface area contributed by atoms with E-state index in [1.54, 1.807) is 0 Å². The highest BCUT2D eigenvalue weighted by Gasteiger charge is 2.39. The topological polar surface area (TPSA) is 123 Å². The van der Waals surface area contributed by atoms with Crippen LogP contribution in [-0.2, 0) is 9.47 Å². The van der Waals surface area contributed by atoms with Gasteiger partial charge in [0.15, 0.2) is 0 Å². The number of halogens is 6. The van der Waals surface area contributed by atoms with Gasteiger partial charge in [-0.3, -0.25) is 0 Å². The van der Waals surface area contributed by atoms with Gasteiger partial charge in [0, 0.05) is 11.1 Å². The molecule has 0 aliphatic heterocycles. The van der Waals surface area contributed by atoms with Crippen LogP contribution >= 0.6 is 0 Å². The van der Waals surface area contributed by atoms with Crippen molar-refractivity contribution in [2.24, 2.45) is 22.9 Å². The number of hydrogen-bond donors (Lipinski definition) is 4. The summed E-state index contributed by atoms with van der Waals surface area (Å²) in [5.74, 6) is -1.80. The van der Waals surface area contributed by atoms with Crippen LogP contribution in [0.1, 0.15) is 0 Å². The lowest BCUT2D eigenvalue weighted by atomic mass is 9.91. The van der Waals surface area contributed by atoms with Gasteiger partial charge in [-0.05, 0) is 24.3 Å². The molecule has 0 aromatic carbocycles. The molecular formula is C14H14F6N4O2. The Bertz CT molecular complexity index is 680. The molecule has 8 N–H and O–H groups in total. The third-order valence-electron chi connectivity index (χ3n) is 3.11. The van der Waals surface area contributed by atoms with Crippen LogP contribution in [0.4, 0.5) is 26.3 Å². The molecule has 0 spiro atoms. The molecule has 0 saturated heterocycles. The van der Waals surface area contributed by atoms with E-state index < -0.39 is 46.7 Å². The molecule has 0 atom stereocenters. The predicted molar refractivity (Wildman–Crippen MR) is 78.0 cm³/mol. The summed E-state index contributed by atoms with van der Waals surface area (Å²) in [5.41, 5.74) is 17.7. The van der Waals surface area contributed by atoms with Crippen LogP contribution < -0.4 is 22.9 Å². The standard InChI is InChI=1S/C14H14F6N4O2/c15-13(16,17)25-9-5-11(21,22)3-1-7(9)8-2-4-12(23,24)6-10(8)26-14(18,19)20/h1-6H,21-24H2. The fourth-order valence-corrected chi connectivity index (χ4v) is 2.19. The van der Waals surface area contributed by atoms with Gasteiger partial charge in [0.1, 0.15) is 22.8 Å². The third kappa shape index (κ3) is 5.36. The molecule has 0 aromatic rings. The first kappa shape index (κ1) is 20.0. The largest absolute Gasteiger partial charge is 0.573 e. The smallest absolute Gasteiger partial charge is 0.405 e. The average Bonchev–Trinajstić information content (AvgIpc) is 2.34. The minimum Gasteiger partial charge on any atom is -0.405 e. The Morgan fingerprint density at radius 3 is 1.23 bits per heavy atom. The molecule has 0 fully saturated rings. The summed E-state index contributed by atoms with van der Waals surface area (Å²) >= 11 is 0. The van der Waals surface area contributed by atoms with Crippen molar-refractivity contribution in [3.63, 3.8) is 0 Å². The summed E-state index contributed by atoms with van der Waals surface area (Å²) in [5, 5.41) is 0. The van der Waals surface area contributed by atoms with Crippen molar-refractivity contribution in [3.05, 3.63) is 59.1 Å². The summed E-state index contributed by atoms with van der Waals surface area (Å²) in [7, 11) is 0. The first-order chi connectivity index (χ1) is 11.6. The quantitative estimate of drug-likeness (QED) is 0.423. The monoisotopic (exact) mass is 384 g/mol. The highest BCUT2D eigenvalue weighted by atomic mass is 19.4. The SMILES string of the molecule is NC1(N)C=CC(=C2C=CC(N)(N)C=C2OC(F)(F)F)C(OC(F)(F)F)=C1. The summed E-state index contributed by atoms with van der Waals surface area (Å²) in [6.07, 6.45) is -4.77. The highest BCUT2D eigenvalue weighted by molar-refractivity contribution is 5.58. The van der Waals surface area contributed by atoms with Gasteiger partial charge in [0.05, 0.1) is 0 Å². The van der Waals surface area contributed by atoms with Crippen LogP contribution in [0.15, 0.2) is 59.1 Å². The Labute approximate surface area is 143 Å². The Morgan fingerprint density at radius 1 is 0.654 bits per heavy atom. The zero-order valence-corrected chi connectivity index (χ0v) is 12.9. The van der Waals surface area contributed by atoms with E-state index in [-0.39, 0.29) is 0 Å². The molecule has 2 aliphatic carbocycles. The maximum absolute atomic E-state index is 12.6. The summed E-state index contributed by atoms with van der Waals surface area (Å²) < 4.78 is 83.6. The fraction of sp³-hybridized carbons (Fsp3) is 0.286. The number of rotatable bonds is 2. The Kier molecular flexibility index (Phi) is 4.75. The molecular weight excluding hydrogens is 370 g/mol. The van der Waals surface area contributed by atoms with Crippen molar-refractivity contribution < 1.29 is 35.8 Å². The molecule has 144 valence electrons. The minimum absolute atomic E-state index is 0.406. The lowest BCUT2D eigenvalue weighted by molar-refractivity contribution is -0.306. The van der Waals surface area contributed by atoms with E-state index in [2.05, 4.69) is 9.47 Å². The lowest BCUT2D eigenvalue weighted by Gasteiger charge is -2.29. The Morgan fingerprint density at radius 2 is 0.962 bits per heavy atom. The number of ether oxygens (including phenoxy) is 2. The van der Waals surface area contributed by atoms with Gasteiger partial charge in [0.25, 0.3) is 0 Å². The second kappa shape index (κ2) is 6.16. The second-order valence-corrected chi connectivity index (χ2v) is 5.61. The van der Waals surface area contributed by atoms with Gasteiger partial charge in [0.2, 0.25) is 0 Å². The van der Waals surface area contributed by atoms with Crippen molar-refractivity contribution in [2.45, 2.75) is 24.1 Å². The molecule has 6 nitrogen and oxygen atoms in total. The van der Waals surface area contributed by atoms with Crippen LogP contribution in [0.3, 0.4) is 0 Å². The lowest BCUT2D eigenvalue weighted by Crippen LogP contribution is -2.48. The van der Waals surface area contributed by atoms with Crippen LogP contribution in [0.2, 0.25) is 0 Å². The maximum atomic E-state index is 12.6. The molecule has 0 bridgehead atoms. The van der Waals surface area contributed by atoms with Crippen molar-refractivity contribution in [1.82, 2.24) is 0 Å². The highest BCUT2D eigenvalue weighted by Crippen LogP contribution is 2.37. The molecule has 0 saturated carbocycles. The molecule has 2 aliphatic rings. The summed E-state index contributed by atoms with van der Waals surface area (Å²) in [6.45, 7) is 0. The van der Waals surface area contributed by atoms with E-state index in [0.29, 0.717) is 12.2 Å². The molecule has 0 amide bonds. The van der Waals surface area contributed by atoms with E-state index >= 15 is 0 Å². The van der Waals surface area contributed by atoms with Gasteiger partial charge in [-0.1, -0.05) is 12.2 Å². The molecule has 26 heavy (non-hydrogen) atoms. The van der Waals surface area contributed by atoms with E-state index in [4.69, 9.17) is 22.9 Å². The van der Waals surface area contributed by atoms with E-state index in [0.717, 1.165) is 24.3 Å². The summed E-state index contributed by atoms with van der Waals surface area (Å²) in [4.78, 5) is 0. The number of hydrogen-bond acceptors (Lipinski definition) is 6. The Balaban J connectivity index is 2.59. The molecule has 2 rings (SSSR count). The van der Waals surface area contributed by atoms with Gasteiger partial charge >= 0.3 is 12.7 Å². The third-order valence-corrected chi connectivity index (χ3v) is 3.11. The van der Waals surface area contributed by atoms with E-state index in [1.807, 2.05) is 0 Å².